The van der Waals surface area contributed by atoms with E-state index in [9.17, 15) is 4.79 Å². The third kappa shape index (κ3) is 2.80. The number of amides is 1. The van der Waals surface area contributed by atoms with Crippen LogP contribution in [0.1, 0.15) is 29.0 Å². The summed E-state index contributed by atoms with van der Waals surface area (Å²) in [6, 6.07) is 17.0. The van der Waals surface area contributed by atoms with Gasteiger partial charge in [-0.1, -0.05) is 18.2 Å². The third-order valence-corrected chi connectivity index (χ3v) is 4.30. The Hall–Kier alpha value is -2.95. The van der Waals surface area contributed by atoms with Crippen LogP contribution in [0.5, 0.6) is 0 Å². The Balaban J connectivity index is 1.53. The molecule has 1 N–H and O–H groups in total. The fourth-order valence-electron chi connectivity index (χ4n) is 3.02. The van der Waals surface area contributed by atoms with Crippen molar-refractivity contribution in [2.24, 2.45) is 0 Å². The number of anilines is 1. The fourth-order valence-corrected chi connectivity index (χ4v) is 3.02. The maximum Gasteiger partial charge on any atom is 0.255 e. The van der Waals surface area contributed by atoms with Crippen LogP contribution in [0.4, 0.5) is 5.69 Å². The molecule has 0 atom stereocenters. The first-order valence-electron chi connectivity index (χ1n) is 8.20. The molecular weight excluding hydrogens is 300 g/mol. The van der Waals surface area contributed by atoms with E-state index in [4.69, 9.17) is 0 Å². The lowest BCUT2D eigenvalue weighted by atomic mass is 10.1. The molecule has 2 aromatic carbocycles. The molecule has 0 spiro atoms. The van der Waals surface area contributed by atoms with Crippen molar-refractivity contribution in [2.75, 3.05) is 5.32 Å². The van der Waals surface area contributed by atoms with Crippen LogP contribution in [0.2, 0.25) is 0 Å². The highest BCUT2D eigenvalue weighted by atomic mass is 16.1. The topological polar surface area (TPSA) is 59.8 Å². The van der Waals surface area contributed by atoms with Crippen molar-refractivity contribution in [3.63, 3.8) is 0 Å². The second-order valence-corrected chi connectivity index (χ2v) is 5.95. The summed E-state index contributed by atoms with van der Waals surface area (Å²) >= 11 is 0. The van der Waals surface area contributed by atoms with Crippen molar-refractivity contribution in [1.82, 2.24) is 14.8 Å². The van der Waals surface area contributed by atoms with E-state index < -0.39 is 0 Å². The van der Waals surface area contributed by atoms with E-state index in [1.54, 1.807) is 12.1 Å². The number of aryl methyl sites for hydroxylation is 1. The van der Waals surface area contributed by atoms with Crippen LogP contribution in [0, 0.1) is 0 Å². The number of aromatic nitrogens is 3. The summed E-state index contributed by atoms with van der Waals surface area (Å²) in [6.45, 7) is 0.976. The molecule has 1 aliphatic heterocycles. The van der Waals surface area contributed by atoms with E-state index in [2.05, 4.69) is 20.1 Å². The van der Waals surface area contributed by atoms with Gasteiger partial charge in [0.2, 0.25) is 0 Å². The summed E-state index contributed by atoms with van der Waals surface area (Å²) in [5.41, 5.74) is 2.44. The predicted molar refractivity (Wildman–Crippen MR) is 92.8 cm³/mol. The molecule has 0 aliphatic carbocycles. The van der Waals surface area contributed by atoms with Gasteiger partial charge in [-0.3, -0.25) is 4.79 Å². The molecule has 5 nitrogen and oxygen atoms in total. The van der Waals surface area contributed by atoms with E-state index in [1.807, 2.05) is 42.5 Å². The zero-order valence-corrected chi connectivity index (χ0v) is 13.3. The first-order chi connectivity index (χ1) is 11.8. The Morgan fingerprint density at radius 2 is 1.75 bits per heavy atom. The molecule has 0 fully saturated rings. The molecule has 5 heteroatoms. The van der Waals surface area contributed by atoms with Gasteiger partial charge in [0.1, 0.15) is 5.82 Å². The number of hydrogen-bond donors (Lipinski definition) is 1. The maximum atomic E-state index is 12.2. The Labute approximate surface area is 140 Å². The first-order valence-corrected chi connectivity index (χ1v) is 8.20. The number of hydrogen-bond acceptors (Lipinski definition) is 3. The van der Waals surface area contributed by atoms with Crippen LogP contribution in [0.3, 0.4) is 0 Å². The quantitative estimate of drug-likeness (QED) is 0.803. The molecule has 2 heterocycles. The van der Waals surface area contributed by atoms with E-state index in [-0.39, 0.29) is 5.91 Å². The lowest BCUT2D eigenvalue weighted by Gasteiger charge is -2.14. The summed E-state index contributed by atoms with van der Waals surface area (Å²) in [6.07, 6.45) is 3.35. The SMILES string of the molecule is O=C(Nc1ccc(-c2nnc3n2CCCC3)cc1)c1ccccc1. The molecule has 1 aromatic heterocycles. The molecule has 24 heavy (non-hydrogen) atoms. The Morgan fingerprint density at radius 1 is 0.958 bits per heavy atom. The number of benzene rings is 2. The summed E-state index contributed by atoms with van der Waals surface area (Å²) in [5, 5.41) is 11.5. The molecule has 0 radical (unpaired) electrons. The van der Waals surface area contributed by atoms with Crippen molar-refractivity contribution in [3.05, 3.63) is 66.0 Å². The number of nitrogens with zero attached hydrogens (tertiary/aromatic N) is 3. The average Bonchev–Trinajstić information content (AvgIpc) is 3.07. The molecule has 1 aliphatic rings. The summed E-state index contributed by atoms with van der Waals surface area (Å²) < 4.78 is 2.20. The summed E-state index contributed by atoms with van der Waals surface area (Å²) in [7, 11) is 0. The largest absolute Gasteiger partial charge is 0.322 e. The zero-order valence-electron chi connectivity index (χ0n) is 13.3. The second-order valence-electron chi connectivity index (χ2n) is 5.95. The molecule has 1 amide bonds. The molecule has 0 bridgehead atoms. The minimum absolute atomic E-state index is 0.108. The summed E-state index contributed by atoms with van der Waals surface area (Å²) in [4.78, 5) is 12.2. The molecule has 0 saturated carbocycles. The molecule has 4 rings (SSSR count). The Bertz CT molecular complexity index is 853. The van der Waals surface area contributed by atoms with Crippen LogP contribution >= 0.6 is 0 Å². The molecular formula is C19H18N4O. The van der Waals surface area contributed by atoms with Gasteiger partial charge in [-0.25, -0.2) is 0 Å². The van der Waals surface area contributed by atoms with Crippen LogP contribution < -0.4 is 5.32 Å². The van der Waals surface area contributed by atoms with Crippen molar-refractivity contribution >= 4 is 11.6 Å². The number of rotatable bonds is 3. The van der Waals surface area contributed by atoms with Gasteiger partial charge >= 0.3 is 0 Å². The van der Waals surface area contributed by atoms with E-state index in [1.165, 1.54) is 12.8 Å². The van der Waals surface area contributed by atoms with Crippen LogP contribution in [0.15, 0.2) is 54.6 Å². The molecule has 0 unspecified atom stereocenters. The van der Waals surface area contributed by atoms with Crippen LogP contribution in [-0.4, -0.2) is 20.7 Å². The van der Waals surface area contributed by atoms with Gasteiger partial charge in [0.25, 0.3) is 5.91 Å². The van der Waals surface area contributed by atoms with Gasteiger partial charge in [-0.2, -0.15) is 0 Å². The highest BCUT2D eigenvalue weighted by Gasteiger charge is 2.16. The van der Waals surface area contributed by atoms with Crippen LogP contribution in [-0.2, 0) is 13.0 Å². The minimum Gasteiger partial charge on any atom is -0.322 e. The Morgan fingerprint density at radius 3 is 2.54 bits per heavy atom. The standard InChI is InChI=1S/C19H18N4O/c24-19(15-6-2-1-3-7-15)20-16-11-9-14(10-12-16)18-22-21-17-8-4-5-13-23(17)18/h1-3,6-7,9-12H,4-5,8,13H2,(H,20,24). The second kappa shape index (κ2) is 6.28. The van der Waals surface area contributed by atoms with Gasteiger partial charge in [-0.05, 0) is 49.2 Å². The van der Waals surface area contributed by atoms with Gasteiger partial charge in [-0.15, -0.1) is 10.2 Å². The predicted octanol–water partition coefficient (Wildman–Crippen LogP) is 3.53. The van der Waals surface area contributed by atoms with Crippen molar-refractivity contribution in [3.8, 4) is 11.4 Å². The Kier molecular flexibility index (Phi) is 3.83. The fraction of sp³-hybridized carbons (Fsp3) is 0.211. The lowest BCUT2D eigenvalue weighted by Crippen LogP contribution is -2.12. The highest BCUT2D eigenvalue weighted by molar-refractivity contribution is 6.04. The van der Waals surface area contributed by atoms with E-state index >= 15 is 0 Å². The monoisotopic (exact) mass is 318 g/mol. The maximum absolute atomic E-state index is 12.2. The van der Waals surface area contributed by atoms with Gasteiger partial charge < -0.3 is 9.88 Å². The van der Waals surface area contributed by atoms with Crippen molar-refractivity contribution in [1.29, 1.82) is 0 Å². The highest BCUT2D eigenvalue weighted by Crippen LogP contribution is 2.24. The molecule has 0 saturated heterocycles. The summed E-state index contributed by atoms with van der Waals surface area (Å²) in [5.74, 6) is 1.87. The van der Waals surface area contributed by atoms with Gasteiger partial charge in [0.05, 0.1) is 0 Å². The number of fused-ring (bicyclic) bond motifs is 1. The zero-order chi connectivity index (χ0) is 16.4. The third-order valence-electron chi connectivity index (χ3n) is 4.30. The number of carbonyl (C=O) groups excluding carboxylic acids is 1. The molecule has 3 aromatic rings. The average molecular weight is 318 g/mol. The van der Waals surface area contributed by atoms with Crippen molar-refractivity contribution < 1.29 is 4.79 Å². The van der Waals surface area contributed by atoms with Gasteiger partial charge in [0, 0.05) is 29.8 Å². The first kappa shape index (κ1) is 14.6. The van der Waals surface area contributed by atoms with Gasteiger partial charge in [0.15, 0.2) is 5.82 Å². The van der Waals surface area contributed by atoms with E-state index in [0.29, 0.717) is 5.56 Å². The van der Waals surface area contributed by atoms with Crippen LogP contribution in [0.25, 0.3) is 11.4 Å². The minimum atomic E-state index is -0.108. The van der Waals surface area contributed by atoms with E-state index in [0.717, 1.165) is 35.9 Å². The number of nitrogens with one attached hydrogen (secondary N) is 1. The normalized spacial score (nSPS) is 13.3. The lowest BCUT2D eigenvalue weighted by molar-refractivity contribution is 0.102. The molecule has 120 valence electrons. The number of carbonyl (C=O) groups is 1. The smallest absolute Gasteiger partial charge is 0.255 e. The van der Waals surface area contributed by atoms with Crippen molar-refractivity contribution in [2.45, 2.75) is 25.8 Å².